The summed E-state index contributed by atoms with van der Waals surface area (Å²) in [5.41, 5.74) is 0. The molecule has 0 bridgehead atoms. The number of nitrogens with zero attached hydrogens (tertiary/aromatic N) is 1. The molecule has 0 aliphatic heterocycles. The second-order valence-corrected chi connectivity index (χ2v) is 2.68. The number of ether oxygens (including phenoxy) is 1. The van der Waals surface area contributed by atoms with Crippen molar-refractivity contribution in [2.24, 2.45) is 0 Å². The van der Waals surface area contributed by atoms with Crippen LogP contribution in [0, 0.1) is 0 Å². The molecule has 0 saturated carbocycles. The predicted octanol–water partition coefficient (Wildman–Crippen LogP) is 2.02. The van der Waals surface area contributed by atoms with E-state index in [-0.39, 0.29) is 12.6 Å². The van der Waals surface area contributed by atoms with E-state index in [1.807, 2.05) is 6.92 Å². The molecule has 0 heterocycles. The van der Waals surface area contributed by atoms with Crippen LogP contribution < -0.4 is 0 Å². The van der Waals surface area contributed by atoms with E-state index in [9.17, 15) is 10.0 Å². The van der Waals surface area contributed by atoms with Gasteiger partial charge in [0.15, 0.2) is 0 Å². The van der Waals surface area contributed by atoms with Gasteiger partial charge in [0.25, 0.3) is 0 Å². The molecule has 0 radical (unpaired) electrons. The molecule has 72 valence electrons. The number of carbonyl (C=O) groups is 1. The molecule has 0 spiro atoms. The highest BCUT2D eigenvalue weighted by atomic mass is 16.6. The van der Waals surface area contributed by atoms with Gasteiger partial charge in [-0.15, -0.1) is 0 Å². The Labute approximate surface area is 73.1 Å². The molecule has 4 nitrogen and oxygen atoms in total. The van der Waals surface area contributed by atoms with E-state index in [1.165, 1.54) is 0 Å². The third kappa shape index (κ3) is 3.57. The normalized spacial score (nSPS) is 12.3. The van der Waals surface area contributed by atoms with Gasteiger partial charge in [-0.05, 0) is 20.3 Å². The molecule has 0 aromatic heterocycles. The summed E-state index contributed by atoms with van der Waals surface area (Å²) >= 11 is 0. The van der Waals surface area contributed by atoms with Crippen LogP contribution in [0.1, 0.15) is 33.6 Å². The first-order chi connectivity index (χ1) is 5.63. The molecule has 0 saturated heterocycles. The molecule has 0 aromatic rings. The lowest BCUT2D eigenvalue weighted by molar-refractivity contribution is -0.101. The Morgan fingerprint density at radius 3 is 2.58 bits per heavy atom. The minimum absolute atomic E-state index is 0.172. The van der Waals surface area contributed by atoms with Crippen molar-refractivity contribution in [2.45, 2.75) is 39.7 Å². The van der Waals surface area contributed by atoms with Gasteiger partial charge in [-0.1, -0.05) is 13.3 Å². The molecule has 0 fully saturated rings. The number of hydrogen-bond donors (Lipinski definition) is 1. The number of hydrogen-bond acceptors (Lipinski definition) is 3. The van der Waals surface area contributed by atoms with Crippen LogP contribution in [-0.2, 0) is 4.74 Å². The highest BCUT2D eigenvalue weighted by Crippen LogP contribution is 2.04. The van der Waals surface area contributed by atoms with Crippen molar-refractivity contribution in [1.82, 2.24) is 5.06 Å². The third-order valence-electron chi connectivity index (χ3n) is 1.58. The third-order valence-corrected chi connectivity index (χ3v) is 1.58. The molecular weight excluding hydrogens is 158 g/mol. The summed E-state index contributed by atoms with van der Waals surface area (Å²) in [6, 6.07) is -0.172. The number of amides is 1. The second kappa shape index (κ2) is 5.83. The van der Waals surface area contributed by atoms with E-state index in [1.54, 1.807) is 13.8 Å². The van der Waals surface area contributed by atoms with Crippen molar-refractivity contribution < 1.29 is 14.7 Å². The predicted molar refractivity (Wildman–Crippen MR) is 45.0 cm³/mol. The van der Waals surface area contributed by atoms with Crippen LogP contribution in [0.3, 0.4) is 0 Å². The van der Waals surface area contributed by atoms with Gasteiger partial charge in [0, 0.05) is 0 Å². The van der Waals surface area contributed by atoms with Crippen LogP contribution in [0.2, 0.25) is 0 Å². The van der Waals surface area contributed by atoms with E-state index in [4.69, 9.17) is 0 Å². The molecule has 0 aliphatic carbocycles. The van der Waals surface area contributed by atoms with Crippen molar-refractivity contribution in [2.75, 3.05) is 6.61 Å². The van der Waals surface area contributed by atoms with Gasteiger partial charge in [0.05, 0.1) is 12.6 Å². The van der Waals surface area contributed by atoms with E-state index < -0.39 is 6.09 Å². The zero-order valence-corrected chi connectivity index (χ0v) is 7.91. The first kappa shape index (κ1) is 11.2. The second-order valence-electron chi connectivity index (χ2n) is 2.68. The average molecular weight is 175 g/mol. The highest BCUT2D eigenvalue weighted by Gasteiger charge is 2.17. The van der Waals surface area contributed by atoms with E-state index in [2.05, 4.69) is 4.74 Å². The lowest BCUT2D eigenvalue weighted by Crippen LogP contribution is -2.35. The van der Waals surface area contributed by atoms with Crippen LogP contribution in [0.4, 0.5) is 4.79 Å². The Bertz CT molecular complexity index is 138. The minimum Gasteiger partial charge on any atom is -0.448 e. The Kier molecular flexibility index (Phi) is 5.45. The van der Waals surface area contributed by atoms with Crippen LogP contribution >= 0.6 is 0 Å². The Hall–Kier alpha value is -0.770. The first-order valence-electron chi connectivity index (χ1n) is 4.28. The van der Waals surface area contributed by atoms with E-state index in [0.29, 0.717) is 5.06 Å². The zero-order chi connectivity index (χ0) is 9.56. The molecule has 1 N–H and O–H groups in total. The fraction of sp³-hybridized carbons (Fsp3) is 0.875. The number of hydroxylamine groups is 2. The lowest BCUT2D eigenvalue weighted by atomic mass is 10.2. The Morgan fingerprint density at radius 2 is 2.17 bits per heavy atom. The van der Waals surface area contributed by atoms with Gasteiger partial charge >= 0.3 is 6.09 Å². The van der Waals surface area contributed by atoms with Crippen LogP contribution in [0.5, 0.6) is 0 Å². The first-order valence-corrected chi connectivity index (χ1v) is 4.28. The maximum atomic E-state index is 10.9. The van der Waals surface area contributed by atoms with Gasteiger partial charge < -0.3 is 4.74 Å². The summed E-state index contributed by atoms with van der Waals surface area (Å²) in [6.45, 7) is 5.76. The smallest absolute Gasteiger partial charge is 0.433 e. The molecule has 0 aromatic carbocycles. The van der Waals surface area contributed by atoms with E-state index >= 15 is 0 Å². The largest absolute Gasteiger partial charge is 0.448 e. The summed E-state index contributed by atoms with van der Waals surface area (Å²) in [5, 5.41) is 9.85. The molecule has 1 unspecified atom stereocenters. The minimum atomic E-state index is -0.668. The van der Waals surface area contributed by atoms with Crippen molar-refractivity contribution in [3.8, 4) is 0 Å². The maximum absolute atomic E-state index is 10.9. The zero-order valence-electron chi connectivity index (χ0n) is 7.91. The molecule has 0 aliphatic rings. The summed E-state index contributed by atoms with van der Waals surface area (Å²) in [7, 11) is 0. The lowest BCUT2D eigenvalue weighted by Gasteiger charge is -2.20. The van der Waals surface area contributed by atoms with Gasteiger partial charge in [-0.2, -0.15) is 5.06 Å². The van der Waals surface area contributed by atoms with Crippen molar-refractivity contribution in [1.29, 1.82) is 0 Å². The average Bonchev–Trinajstić information content (AvgIpc) is 2.04. The monoisotopic (exact) mass is 175 g/mol. The highest BCUT2D eigenvalue weighted by molar-refractivity contribution is 5.66. The fourth-order valence-electron chi connectivity index (χ4n) is 0.910. The Balaban J connectivity index is 3.82. The SMILES string of the molecule is CCCC(C)N(O)C(=O)OCC. The van der Waals surface area contributed by atoms with Gasteiger partial charge in [0.1, 0.15) is 0 Å². The summed E-state index contributed by atoms with van der Waals surface area (Å²) < 4.78 is 4.61. The number of carbonyl (C=O) groups excluding carboxylic acids is 1. The Morgan fingerprint density at radius 1 is 1.58 bits per heavy atom. The topological polar surface area (TPSA) is 49.8 Å². The van der Waals surface area contributed by atoms with Gasteiger partial charge in [-0.25, -0.2) is 4.79 Å². The van der Waals surface area contributed by atoms with E-state index in [0.717, 1.165) is 12.8 Å². The molecule has 1 amide bonds. The van der Waals surface area contributed by atoms with Crippen molar-refractivity contribution >= 4 is 6.09 Å². The summed E-state index contributed by atoms with van der Waals surface area (Å²) in [4.78, 5) is 10.9. The maximum Gasteiger partial charge on any atom is 0.433 e. The fourth-order valence-corrected chi connectivity index (χ4v) is 0.910. The molecule has 1 atom stereocenters. The standard InChI is InChI=1S/C8H17NO3/c1-4-6-7(3)9(11)8(10)12-5-2/h7,11H,4-6H2,1-3H3. The molecule has 12 heavy (non-hydrogen) atoms. The van der Waals surface area contributed by atoms with Crippen molar-refractivity contribution in [3.05, 3.63) is 0 Å². The van der Waals surface area contributed by atoms with Crippen LogP contribution in [0.25, 0.3) is 0 Å². The quantitative estimate of drug-likeness (QED) is 0.525. The molecule has 4 heteroatoms. The summed E-state index contributed by atoms with van der Waals surface area (Å²) in [5.74, 6) is 0. The summed E-state index contributed by atoms with van der Waals surface area (Å²) in [6.07, 6.45) is 1.03. The molecular formula is C8H17NO3. The number of rotatable bonds is 4. The van der Waals surface area contributed by atoms with Crippen molar-refractivity contribution in [3.63, 3.8) is 0 Å². The van der Waals surface area contributed by atoms with Crippen LogP contribution in [-0.4, -0.2) is 29.0 Å². The van der Waals surface area contributed by atoms with Crippen LogP contribution in [0.15, 0.2) is 0 Å². The molecule has 0 rings (SSSR count). The van der Waals surface area contributed by atoms with Gasteiger partial charge in [0.2, 0.25) is 0 Å². The van der Waals surface area contributed by atoms with Gasteiger partial charge in [-0.3, -0.25) is 5.21 Å².